The Morgan fingerprint density at radius 3 is 2.71 bits per heavy atom. The first-order chi connectivity index (χ1) is 9.58. The van der Waals surface area contributed by atoms with Crippen molar-refractivity contribution in [2.75, 3.05) is 26.7 Å². The summed E-state index contributed by atoms with van der Waals surface area (Å²) in [5, 5.41) is 0. The zero-order chi connectivity index (χ0) is 14.5. The van der Waals surface area contributed by atoms with Crippen molar-refractivity contribution in [3.63, 3.8) is 0 Å². The van der Waals surface area contributed by atoms with Crippen LogP contribution in [0.3, 0.4) is 0 Å². The Morgan fingerprint density at radius 2 is 2.10 bits per heavy atom. The molecule has 0 aliphatic carbocycles. The lowest BCUT2D eigenvalue weighted by molar-refractivity contribution is -0.133. The van der Waals surface area contributed by atoms with E-state index in [2.05, 4.69) is 24.0 Å². The van der Waals surface area contributed by atoms with Crippen molar-refractivity contribution in [3.8, 4) is 0 Å². The van der Waals surface area contributed by atoms with E-state index in [1.165, 1.54) is 5.56 Å². The number of halogens is 1. The van der Waals surface area contributed by atoms with Gasteiger partial charge in [0.1, 0.15) is 0 Å². The molecule has 0 radical (unpaired) electrons. The minimum absolute atomic E-state index is 0. The van der Waals surface area contributed by atoms with Crippen LogP contribution in [0, 0.1) is 0 Å². The van der Waals surface area contributed by atoms with Crippen LogP contribution in [0.2, 0.25) is 0 Å². The maximum atomic E-state index is 12.4. The molecule has 1 aromatic carbocycles. The fraction of sp³-hybridized carbons (Fsp3) is 0.562. The highest BCUT2D eigenvalue weighted by Crippen LogP contribution is 2.18. The normalized spacial score (nSPS) is 20.4. The van der Waals surface area contributed by atoms with Crippen LogP contribution in [-0.4, -0.2) is 48.4 Å². The van der Waals surface area contributed by atoms with Crippen molar-refractivity contribution >= 4 is 18.3 Å². The fourth-order valence-corrected chi connectivity index (χ4v) is 2.71. The number of piperidine rings is 1. The average Bonchev–Trinajstić information content (AvgIpc) is 2.46. The van der Waals surface area contributed by atoms with E-state index in [1.807, 2.05) is 30.1 Å². The molecular weight excluding hydrogens is 286 g/mol. The molecule has 5 heteroatoms. The lowest BCUT2D eigenvalue weighted by Gasteiger charge is -2.33. The topological polar surface area (TPSA) is 49.6 Å². The largest absolute Gasteiger partial charge is 0.338 e. The van der Waals surface area contributed by atoms with Crippen LogP contribution in [0.4, 0.5) is 0 Å². The van der Waals surface area contributed by atoms with E-state index in [0.717, 1.165) is 25.9 Å². The molecule has 1 fully saturated rings. The number of likely N-dealkylation sites (tertiary alicyclic amines) is 1. The van der Waals surface area contributed by atoms with Crippen molar-refractivity contribution in [1.29, 1.82) is 0 Å². The van der Waals surface area contributed by atoms with Crippen LogP contribution >= 0.6 is 12.4 Å². The SMILES string of the molecule is CC(c1ccccc1)N(C)C(=O)CN1CCCC(N)C1.Cl. The summed E-state index contributed by atoms with van der Waals surface area (Å²) in [5.74, 6) is 0.162. The Labute approximate surface area is 133 Å². The lowest BCUT2D eigenvalue weighted by Crippen LogP contribution is -2.47. The number of carbonyl (C=O) groups is 1. The highest BCUT2D eigenvalue weighted by Gasteiger charge is 2.22. The highest BCUT2D eigenvalue weighted by atomic mass is 35.5. The summed E-state index contributed by atoms with van der Waals surface area (Å²) in [5.41, 5.74) is 7.13. The summed E-state index contributed by atoms with van der Waals surface area (Å²) >= 11 is 0. The molecule has 1 aromatic rings. The summed E-state index contributed by atoms with van der Waals surface area (Å²) < 4.78 is 0. The van der Waals surface area contributed by atoms with Gasteiger partial charge in [0.15, 0.2) is 0 Å². The molecule has 0 saturated carbocycles. The Bertz CT molecular complexity index is 440. The smallest absolute Gasteiger partial charge is 0.236 e. The van der Waals surface area contributed by atoms with E-state index in [0.29, 0.717) is 6.54 Å². The molecule has 4 nitrogen and oxygen atoms in total. The van der Waals surface area contributed by atoms with Crippen LogP contribution in [0.15, 0.2) is 30.3 Å². The second-order valence-corrected chi connectivity index (χ2v) is 5.73. The van der Waals surface area contributed by atoms with Gasteiger partial charge >= 0.3 is 0 Å². The van der Waals surface area contributed by atoms with Gasteiger partial charge in [0.05, 0.1) is 12.6 Å². The summed E-state index contributed by atoms with van der Waals surface area (Å²) in [6.45, 7) is 4.35. The molecule has 1 amide bonds. The predicted octanol–water partition coefficient (Wildman–Crippen LogP) is 2.05. The molecule has 2 unspecified atom stereocenters. The van der Waals surface area contributed by atoms with Crippen molar-refractivity contribution in [1.82, 2.24) is 9.80 Å². The number of hydrogen-bond donors (Lipinski definition) is 1. The number of likely N-dealkylation sites (N-methyl/N-ethyl adjacent to an activating group) is 1. The maximum Gasteiger partial charge on any atom is 0.236 e. The zero-order valence-corrected chi connectivity index (χ0v) is 13.7. The van der Waals surface area contributed by atoms with E-state index in [4.69, 9.17) is 5.73 Å². The number of carbonyl (C=O) groups excluding carboxylic acids is 1. The third kappa shape index (κ3) is 4.99. The number of amides is 1. The van der Waals surface area contributed by atoms with Crippen LogP contribution in [0.5, 0.6) is 0 Å². The number of rotatable bonds is 4. The number of benzene rings is 1. The molecule has 1 heterocycles. The second-order valence-electron chi connectivity index (χ2n) is 5.73. The number of nitrogens with two attached hydrogens (primary N) is 1. The van der Waals surface area contributed by atoms with Crippen LogP contribution in [0.25, 0.3) is 0 Å². The second kappa shape index (κ2) is 8.37. The Balaban J connectivity index is 0.00000220. The summed E-state index contributed by atoms with van der Waals surface area (Å²) in [4.78, 5) is 16.4. The fourth-order valence-electron chi connectivity index (χ4n) is 2.71. The third-order valence-electron chi connectivity index (χ3n) is 4.16. The Hall–Kier alpha value is -1.10. The molecule has 2 rings (SSSR count). The summed E-state index contributed by atoms with van der Waals surface area (Å²) in [7, 11) is 1.88. The minimum Gasteiger partial charge on any atom is -0.338 e. The Kier molecular flexibility index (Phi) is 7.15. The Morgan fingerprint density at radius 1 is 1.43 bits per heavy atom. The van der Waals surface area contributed by atoms with Gasteiger partial charge in [0.25, 0.3) is 0 Å². The predicted molar refractivity (Wildman–Crippen MR) is 88.5 cm³/mol. The van der Waals surface area contributed by atoms with E-state index in [9.17, 15) is 4.79 Å². The summed E-state index contributed by atoms with van der Waals surface area (Å²) in [6.07, 6.45) is 2.16. The molecule has 2 N–H and O–H groups in total. The van der Waals surface area contributed by atoms with Crippen LogP contribution < -0.4 is 5.73 Å². The van der Waals surface area contributed by atoms with Crippen LogP contribution in [-0.2, 0) is 4.79 Å². The van der Waals surface area contributed by atoms with Gasteiger partial charge in [-0.25, -0.2) is 0 Å². The van der Waals surface area contributed by atoms with Gasteiger partial charge in [-0.15, -0.1) is 12.4 Å². The molecule has 2 atom stereocenters. The van der Waals surface area contributed by atoms with E-state index >= 15 is 0 Å². The van der Waals surface area contributed by atoms with E-state index in [1.54, 1.807) is 0 Å². The minimum atomic E-state index is 0. The molecule has 0 bridgehead atoms. The number of nitrogens with zero attached hydrogens (tertiary/aromatic N) is 2. The van der Waals surface area contributed by atoms with Gasteiger partial charge in [-0.3, -0.25) is 9.69 Å². The number of hydrogen-bond acceptors (Lipinski definition) is 3. The first kappa shape index (κ1) is 18.0. The van der Waals surface area contributed by atoms with Crippen molar-refractivity contribution in [2.45, 2.75) is 31.8 Å². The molecule has 0 aromatic heterocycles. The van der Waals surface area contributed by atoms with Crippen molar-refractivity contribution in [2.24, 2.45) is 5.73 Å². The third-order valence-corrected chi connectivity index (χ3v) is 4.16. The first-order valence-corrected chi connectivity index (χ1v) is 7.36. The van der Waals surface area contributed by atoms with Gasteiger partial charge in [0.2, 0.25) is 5.91 Å². The first-order valence-electron chi connectivity index (χ1n) is 7.36. The summed E-state index contributed by atoms with van der Waals surface area (Å²) in [6, 6.07) is 10.4. The van der Waals surface area contributed by atoms with Gasteiger partial charge < -0.3 is 10.6 Å². The van der Waals surface area contributed by atoms with E-state index < -0.39 is 0 Å². The van der Waals surface area contributed by atoms with Gasteiger partial charge in [-0.05, 0) is 31.9 Å². The zero-order valence-electron chi connectivity index (χ0n) is 12.9. The highest BCUT2D eigenvalue weighted by molar-refractivity contribution is 5.85. The van der Waals surface area contributed by atoms with Crippen molar-refractivity contribution in [3.05, 3.63) is 35.9 Å². The molecular formula is C16H26ClN3O. The molecule has 0 spiro atoms. The van der Waals surface area contributed by atoms with Crippen molar-refractivity contribution < 1.29 is 4.79 Å². The van der Waals surface area contributed by atoms with Gasteiger partial charge in [-0.1, -0.05) is 30.3 Å². The standard InChI is InChI=1S/C16H25N3O.ClH/c1-13(14-7-4-3-5-8-14)18(2)16(20)12-19-10-6-9-15(17)11-19;/h3-5,7-8,13,15H,6,9-12,17H2,1-2H3;1H. The molecule has 1 aliphatic heterocycles. The van der Waals surface area contributed by atoms with Gasteiger partial charge in [0, 0.05) is 19.6 Å². The average molecular weight is 312 g/mol. The monoisotopic (exact) mass is 311 g/mol. The quantitative estimate of drug-likeness (QED) is 0.926. The molecule has 21 heavy (non-hydrogen) atoms. The molecule has 1 aliphatic rings. The molecule has 118 valence electrons. The maximum absolute atomic E-state index is 12.4. The van der Waals surface area contributed by atoms with Crippen LogP contribution in [0.1, 0.15) is 31.4 Å². The molecule has 1 saturated heterocycles. The van der Waals surface area contributed by atoms with E-state index in [-0.39, 0.29) is 30.4 Å². The lowest BCUT2D eigenvalue weighted by atomic mass is 10.1. The van der Waals surface area contributed by atoms with Gasteiger partial charge in [-0.2, -0.15) is 0 Å².